The summed E-state index contributed by atoms with van der Waals surface area (Å²) >= 11 is 1.86. The molecule has 0 saturated carbocycles. The van der Waals surface area contributed by atoms with Gasteiger partial charge in [-0.25, -0.2) is 15.0 Å². The van der Waals surface area contributed by atoms with E-state index in [1.54, 1.807) is 0 Å². The van der Waals surface area contributed by atoms with Gasteiger partial charge in [0.2, 0.25) is 0 Å². The van der Waals surface area contributed by atoms with Crippen LogP contribution in [-0.2, 0) is 0 Å². The number of rotatable bonds is 6. The van der Waals surface area contributed by atoms with E-state index in [9.17, 15) is 0 Å². The number of aromatic nitrogens is 4. The zero-order valence-corrected chi connectivity index (χ0v) is 34.6. The van der Waals surface area contributed by atoms with Crippen LogP contribution in [0.15, 0.2) is 211 Å². The molecule has 63 heavy (non-hydrogen) atoms. The molecule has 4 heterocycles. The molecule has 0 aliphatic rings. The Kier molecular flexibility index (Phi) is 8.01. The fourth-order valence-corrected chi connectivity index (χ4v) is 10.7. The molecule has 13 rings (SSSR count). The van der Waals surface area contributed by atoms with Crippen LogP contribution in [0.4, 0.5) is 0 Å². The van der Waals surface area contributed by atoms with Gasteiger partial charge in [-0.2, -0.15) is 0 Å². The Balaban J connectivity index is 1.01. The molecule has 13 aromatic rings. The van der Waals surface area contributed by atoms with Crippen LogP contribution in [0.2, 0.25) is 0 Å². The van der Waals surface area contributed by atoms with Crippen LogP contribution >= 0.6 is 11.3 Å². The van der Waals surface area contributed by atoms with Crippen molar-refractivity contribution in [2.75, 3.05) is 0 Å². The molecule has 294 valence electrons. The molecule has 0 N–H and O–H groups in total. The van der Waals surface area contributed by atoms with E-state index >= 15 is 0 Å². The van der Waals surface area contributed by atoms with E-state index in [-0.39, 0.29) is 0 Å². The first-order valence-corrected chi connectivity index (χ1v) is 21.9. The first-order chi connectivity index (χ1) is 31.2. The number of furan rings is 1. The molecular formula is C57H34N4OS. The molecule has 0 radical (unpaired) electrons. The van der Waals surface area contributed by atoms with Crippen molar-refractivity contribution in [1.29, 1.82) is 0 Å². The number of hydrogen-bond donors (Lipinski definition) is 0. The van der Waals surface area contributed by atoms with Crippen molar-refractivity contribution in [2.24, 2.45) is 0 Å². The topological polar surface area (TPSA) is 56.7 Å². The summed E-state index contributed by atoms with van der Waals surface area (Å²) in [6.45, 7) is 0. The van der Waals surface area contributed by atoms with Crippen LogP contribution in [-0.4, -0.2) is 19.5 Å². The summed E-state index contributed by atoms with van der Waals surface area (Å²) in [5.74, 6) is 1.80. The molecule has 0 aliphatic carbocycles. The molecule has 0 unspecified atom stereocenters. The number of benzene rings is 9. The lowest BCUT2D eigenvalue weighted by Crippen LogP contribution is -2.00. The third-order valence-corrected chi connectivity index (χ3v) is 13.5. The predicted octanol–water partition coefficient (Wildman–Crippen LogP) is 15.6. The average Bonchev–Trinajstić information content (AvgIpc) is 4.04. The molecule has 0 amide bonds. The second kappa shape index (κ2) is 14.2. The Bertz CT molecular complexity index is 3910. The van der Waals surface area contributed by atoms with Crippen LogP contribution in [0.5, 0.6) is 0 Å². The van der Waals surface area contributed by atoms with E-state index < -0.39 is 0 Å². The van der Waals surface area contributed by atoms with Gasteiger partial charge in [-0.1, -0.05) is 146 Å². The van der Waals surface area contributed by atoms with Crippen LogP contribution < -0.4 is 0 Å². The highest BCUT2D eigenvalue weighted by Crippen LogP contribution is 2.46. The molecule has 0 bridgehead atoms. The molecule has 4 aromatic heterocycles. The summed E-state index contributed by atoms with van der Waals surface area (Å²) in [4.78, 5) is 15.7. The van der Waals surface area contributed by atoms with E-state index in [0.29, 0.717) is 17.5 Å². The minimum absolute atomic E-state index is 0.586. The monoisotopic (exact) mass is 822 g/mol. The smallest absolute Gasteiger partial charge is 0.164 e. The normalized spacial score (nSPS) is 11.8. The second-order valence-electron chi connectivity index (χ2n) is 15.9. The van der Waals surface area contributed by atoms with E-state index in [0.717, 1.165) is 66.3 Å². The highest BCUT2D eigenvalue weighted by Gasteiger charge is 2.21. The van der Waals surface area contributed by atoms with Crippen molar-refractivity contribution in [3.63, 3.8) is 0 Å². The number of nitrogens with zero attached hydrogens (tertiary/aromatic N) is 4. The van der Waals surface area contributed by atoms with Gasteiger partial charge in [0.05, 0.1) is 11.0 Å². The number of hydrogen-bond acceptors (Lipinski definition) is 5. The summed E-state index contributed by atoms with van der Waals surface area (Å²) in [5, 5.41) is 6.81. The van der Waals surface area contributed by atoms with Crippen LogP contribution in [0.3, 0.4) is 0 Å². The van der Waals surface area contributed by atoms with E-state index in [1.807, 2.05) is 41.7 Å². The Labute approximate surface area is 365 Å². The molecule has 0 saturated heterocycles. The van der Waals surface area contributed by atoms with Crippen molar-refractivity contribution < 1.29 is 4.42 Å². The minimum atomic E-state index is 0.586. The quantitative estimate of drug-likeness (QED) is 0.168. The van der Waals surface area contributed by atoms with Crippen LogP contribution in [0.25, 0.3) is 126 Å². The van der Waals surface area contributed by atoms with E-state index in [1.165, 1.54) is 42.2 Å². The first-order valence-electron chi connectivity index (χ1n) is 21.1. The zero-order chi connectivity index (χ0) is 41.4. The molecule has 5 nitrogen and oxygen atoms in total. The lowest BCUT2D eigenvalue weighted by Gasteiger charge is -2.11. The Morgan fingerprint density at radius 2 is 1.00 bits per heavy atom. The SMILES string of the molecule is c1ccc(-c2nc(-c3ccc4c(c3)c3ccccc3n4-c3ccccc3)nc(-c3cccc4oc5ccc(-c6ccc(-c7ccccc7)c7sc8ccccc8c67)cc5c34)n2)cc1. The summed E-state index contributed by atoms with van der Waals surface area (Å²) in [7, 11) is 0. The van der Waals surface area contributed by atoms with Crippen molar-refractivity contribution in [3.05, 3.63) is 206 Å². The Morgan fingerprint density at radius 1 is 0.365 bits per heavy atom. The van der Waals surface area contributed by atoms with Gasteiger partial charge >= 0.3 is 0 Å². The van der Waals surface area contributed by atoms with Gasteiger partial charge < -0.3 is 8.98 Å². The molecule has 0 spiro atoms. The highest BCUT2D eigenvalue weighted by atomic mass is 32.1. The molecule has 0 aliphatic heterocycles. The molecule has 0 atom stereocenters. The van der Waals surface area contributed by atoms with E-state index in [2.05, 4.69) is 180 Å². The van der Waals surface area contributed by atoms with E-state index in [4.69, 9.17) is 19.4 Å². The summed E-state index contributed by atoms with van der Waals surface area (Å²) in [5.41, 5.74) is 12.5. The second-order valence-corrected chi connectivity index (χ2v) is 17.0. The molecule has 6 heteroatoms. The van der Waals surface area contributed by atoms with Crippen molar-refractivity contribution in [2.45, 2.75) is 0 Å². The number of fused-ring (bicyclic) bond motifs is 9. The molecule has 0 fully saturated rings. The summed E-state index contributed by atoms with van der Waals surface area (Å²) in [6, 6.07) is 72.6. The molecular weight excluding hydrogens is 789 g/mol. The van der Waals surface area contributed by atoms with Gasteiger partial charge in [0, 0.05) is 64.1 Å². The fraction of sp³-hybridized carbons (Fsp3) is 0. The minimum Gasteiger partial charge on any atom is -0.456 e. The standard InChI is InChI=1S/C57H34N4OS/c1-4-15-35(16-5-1)41-30-29-40(53-43-22-11-13-26-51(43)63-54(41)53)37-28-32-49-46(33-37)52-44(23-14-25-50(52)62-49)57-59-55(36-17-6-2-7-18-36)58-56(60-57)38-27-31-48-45(34-38)42-21-10-12-24-47(42)61(48)39-19-8-3-9-20-39/h1-34H. The predicted molar refractivity (Wildman–Crippen MR) is 262 cm³/mol. The maximum absolute atomic E-state index is 6.61. The van der Waals surface area contributed by atoms with Crippen molar-refractivity contribution in [3.8, 4) is 62.1 Å². The summed E-state index contributed by atoms with van der Waals surface area (Å²) in [6.07, 6.45) is 0. The lowest BCUT2D eigenvalue weighted by atomic mass is 9.94. The van der Waals surface area contributed by atoms with Gasteiger partial charge in [0.15, 0.2) is 17.5 Å². The third kappa shape index (κ3) is 5.73. The fourth-order valence-electron chi connectivity index (χ4n) is 9.40. The van der Waals surface area contributed by atoms with Crippen LogP contribution in [0.1, 0.15) is 0 Å². The lowest BCUT2D eigenvalue weighted by molar-refractivity contribution is 0.669. The van der Waals surface area contributed by atoms with Crippen molar-refractivity contribution >= 4 is 75.3 Å². The zero-order valence-electron chi connectivity index (χ0n) is 33.7. The van der Waals surface area contributed by atoms with Gasteiger partial charge in [-0.15, -0.1) is 11.3 Å². The maximum Gasteiger partial charge on any atom is 0.164 e. The van der Waals surface area contributed by atoms with Crippen LogP contribution in [0, 0.1) is 0 Å². The average molecular weight is 823 g/mol. The Morgan fingerprint density at radius 3 is 1.83 bits per heavy atom. The maximum atomic E-state index is 6.61. The molecule has 9 aromatic carbocycles. The van der Waals surface area contributed by atoms with Gasteiger partial charge in [0.25, 0.3) is 0 Å². The summed E-state index contributed by atoms with van der Waals surface area (Å²) < 4.78 is 11.5. The first kappa shape index (κ1) is 35.6. The largest absolute Gasteiger partial charge is 0.456 e. The number of para-hydroxylation sites is 2. The van der Waals surface area contributed by atoms with Crippen molar-refractivity contribution in [1.82, 2.24) is 19.5 Å². The number of thiophene rings is 1. The van der Waals surface area contributed by atoms with Gasteiger partial charge in [-0.05, 0) is 82.9 Å². The van der Waals surface area contributed by atoms with Gasteiger partial charge in [-0.3, -0.25) is 0 Å². The third-order valence-electron chi connectivity index (χ3n) is 12.3. The Hall–Kier alpha value is -8.19. The highest BCUT2D eigenvalue weighted by molar-refractivity contribution is 7.26. The van der Waals surface area contributed by atoms with Gasteiger partial charge in [0.1, 0.15) is 11.2 Å².